The molecule has 0 aliphatic carbocycles. The van der Waals surface area contributed by atoms with E-state index >= 15 is 0 Å². The molecule has 0 saturated carbocycles. The lowest BCUT2D eigenvalue weighted by Crippen LogP contribution is -2.43. The molecule has 2 amide bonds. The number of likely N-dealkylation sites (tertiary alicyclic amines) is 1. The first-order valence-corrected chi connectivity index (χ1v) is 6.84. The smallest absolute Gasteiger partial charge is 0.313 e. The molecule has 1 aromatic carbocycles. The third-order valence-corrected chi connectivity index (χ3v) is 3.59. The van der Waals surface area contributed by atoms with Crippen molar-refractivity contribution in [1.29, 1.82) is 0 Å². The normalized spacial score (nSPS) is 15.8. The zero-order chi connectivity index (χ0) is 14.5. The van der Waals surface area contributed by atoms with E-state index in [9.17, 15) is 9.59 Å². The van der Waals surface area contributed by atoms with Crippen molar-refractivity contribution < 1.29 is 14.3 Å². The summed E-state index contributed by atoms with van der Waals surface area (Å²) >= 11 is 0. The van der Waals surface area contributed by atoms with E-state index in [4.69, 9.17) is 4.74 Å². The number of carbonyl (C=O) groups excluding carboxylic acids is 2. The van der Waals surface area contributed by atoms with Gasteiger partial charge in [0, 0.05) is 24.8 Å². The molecule has 1 aliphatic heterocycles. The van der Waals surface area contributed by atoms with Crippen molar-refractivity contribution in [3.8, 4) is 5.75 Å². The molecule has 0 spiro atoms. The van der Waals surface area contributed by atoms with Crippen LogP contribution in [0, 0.1) is 5.92 Å². The number of methoxy groups -OCH3 is 1. The van der Waals surface area contributed by atoms with E-state index in [-0.39, 0.29) is 0 Å². The lowest BCUT2D eigenvalue weighted by Gasteiger charge is -2.29. The van der Waals surface area contributed by atoms with Crippen molar-refractivity contribution in [3.05, 3.63) is 24.3 Å². The Labute approximate surface area is 118 Å². The average molecular weight is 276 g/mol. The summed E-state index contributed by atoms with van der Waals surface area (Å²) in [5.74, 6) is 0.218. The van der Waals surface area contributed by atoms with Crippen molar-refractivity contribution in [2.45, 2.75) is 19.8 Å². The molecule has 2 rings (SSSR count). The van der Waals surface area contributed by atoms with Crippen LogP contribution in [0.1, 0.15) is 19.8 Å². The third-order valence-electron chi connectivity index (χ3n) is 3.59. The van der Waals surface area contributed by atoms with Gasteiger partial charge in [0.25, 0.3) is 0 Å². The molecule has 1 saturated heterocycles. The van der Waals surface area contributed by atoms with Gasteiger partial charge < -0.3 is 15.0 Å². The number of amides is 2. The van der Waals surface area contributed by atoms with Gasteiger partial charge in [0.1, 0.15) is 5.75 Å². The molecule has 5 heteroatoms. The zero-order valence-corrected chi connectivity index (χ0v) is 11.9. The number of anilines is 1. The van der Waals surface area contributed by atoms with Crippen LogP contribution in [-0.4, -0.2) is 36.9 Å². The summed E-state index contributed by atoms with van der Waals surface area (Å²) in [6, 6.07) is 6.96. The first kappa shape index (κ1) is 14.4. The second-order valence-corrected chi connectivity index (χ2v) is 5.16. The van der Waals surface area contributed by atoms with Crippen molar-refractivity contribution in [3.63, 3.8) is 0 Å². The van der Waals surface area contributed by atoms with Gasteiger partial charge in [-0.15, -0.1) is 0 Å². The second-order valence-electron chi connectivity index (χ2n) is 5.16. The number of nitrogens with one attached hydrogen (secondary N) is 1. The number of piperidine rings is 1. The molecule has 1 fully saturated rings. The molecule has 0 bridgehead atoms. The highest BCUT2D eigenvalue weighted by Crippen LogP contribution is 2.18. The van der Waals surface area contributed by atoms with Crippen LogP contribution in [0.3, 0.4) is 0 Å². The molecule has 20 heavy (non-hydrogen) atoms. The van der Waals surface area contributed by atoms with Gasteiger partial charge in [-0.2, -0.15) is 0 Å². The Kier molecular flexibility index (Phi) is 4.61. The minimum absolute atomic E-state index is 0.459. The largest absolute Gasteiger partial charge is 0.497 e. The first-order valence-electron chi connectivity index (χ1n) is 6.84. The van der Waals surface area contributed by atoms with Crippen LogP contribution in [0.15, 0.2) is 24.3 Å². The lowest BCUT2D eigenvalue weighted by molar-refractivity contribution is -0.144. The Morgan fingerprint density at radius 1 is 1.30 bits per heavy atom. The average Bonchev–Trinajstić information content (AvgIpc) is 2.47. The van der Waals surface area contributed by atoms with E-state index in [0.717, 1.165) is 12.8 Å². The molecule has 0 atom stereocenters. The molecule has 0 aromatic heterocycles. The molecule has 1 aliphatic rings. The highest BCUT2D eigenvalue weighted by molar-refractivity contribution is 6.39. The molecular formula is C15H20N2O3. The first-order chi connectivity index (χ1) is 9.60. The summed E-state index contributed by atoms with van der Waals surface area (Å²) < 4.78 is 5.08. The van der Waals surface area contributed by atoms with Crippen molar-refractivity contribution in [2.24, 2.45) is 5.92 Å². The number of hydrogen-bond donors (Lipinski definition) is 1. The maximum atomic E-state index is 12.0. The standard InChI is InChI=1S/C15H20N2O3/c1-11-6-8-17(9-7-11)15(19)14(18)16-12-4-3-5-13(10-12)20-2/h3-5,10-11H,6-9H2,1-2H3,(H,16,18). The SMILES string of the molecule is COc1cccc(NC(=O)C(=O)N2CCC(C)CC2)c1. The van der Waals surface area contributed by atoms with Crippen molar-refractivity contribution >= 4 is 17.5 Å². The Balaban J connectivity index is 1.95. The van der Waals surface area contributed by atoms with Gasteiger partial charge in [-0.3, -0.25) is 9.59 Å². The van der Waals surface area contributed by atoms with Gasteiger partial charge >= 0.3 is 11.8 Å². The topological polar surface area (TPSA) is 58.6 Å². The minimum Gasteiger partial charge on any atom is -0.497 e. The predicted octanol–water partition coefficient (Wildman–Crippen LogP) is 1.89. The molecule has 5 nitrogen and oxygen atoms in total. The maximum absolute atomic E-state index is 12.0. The van der Waals surface area contributed by atoms with Crippen LogP contribution in [0.25, 0.3) is 0 Å². The fraction of sp³-hybridized carbons (Fsp3) is 0.467. The summed E-state index contributed by atoms with van der Waals surface area (Å²) in [5.41, 5.74) is 0.563. The second kappa shape index (κ2) is 6.41. The van der Waals surface area contributed by atoms with Crippen LogP contribution in [0.4, 0.5) is 5.69 Å². The van der Waals surface area contributed by atoms with E-state index < -0.39 is 11.8 Å². The number of hydrogen-bond acceptors (Lipinski definition) is 3. The number of rotatable bonds is 2. The maximum Gasteiger partial charge on any atom is 0.313 e. The molecule has 108 valence electrons. The van der Waals surface area contributed by atoms with Crippen LogP contribution < -0.4 is 10.1 Å². The zero-order valence-electron chi connectivity index (χ0n) is 11.9. The molecule has 1 aromatic rings. The fourth-order valence-electron chi connectivity index (χ4n) is 2.24. The summed E-state index contributed by atoms with van der Waals surface area (Å²) in [4.78, 5) is 25.6. The summed E-state index contributed by atoms with van der Waals surface area (Å²) in [5, 5.41) is 2.61. The molecule has 1 heterocycles. The Morgan fingerprint density at radius 3 is 2.65 bits per heavy atom. The summed E-state index contributed by atoms with van der Waals surface area (Å²) in [6.45, 7) is 3.48. The number of carbonyl (C=O) groups is 2. The van der Waals surface area contributed by atoms with Gasteiger partial charge in [-0.25, -0.2) is 0 Å². The monoisotopic (exact) mass is 276 g/mol. The number of nitrogens with zero attached hydrogens (tertiary/aromatic N) is 1. The Morgan fingerprint density at radius 2 is 2.00 bits per heavy atom. The number of benzene rings is 1. The summed E-state index contributed by atoms with van der Waals surface area (Å²) in [7, 11) is 1.56. The van der Waals surface area contributed by atoms with E-state index in [0.29, 0.717) is 30.4 Å². The van der Waals surface area contributed by atoms with Gasteiger partial charge in [-0.1, -0.05) is 13.0 Å². The molecule has 0 unspecified atom stereocenters. The quantitative estimate of drug-likeness (QED) is 0.839. The molecule has 1 N–H and O–H groups in total. The van der Waals surface area contributed by atoms with E-state index in [1.54, 1.807) is 36.3 Å². The lowest BCUT2D eigenvalue weighted by atomic mass is 9.99. The van der Waals surface area contributed by atoms with Gasteiger partial charge in [0.05, 0.1) is 7.11 Å². The van der Waals surface area contributed by atoms with Gasteiger partial charge in [0.2, 0.25) is 0 Å². The molecule has 0 radical (unpaired) electrons. The highest BCUT2D eigenvalue weighted by atomic mass is 16.5. The van der Waals surface area contributed by atoms with Crippen LogP contribution >= 0.6 is 0 Å². The number of ether oxygens (including phenoxy) is 1. The Bertz CT molecular complexity index is 494. The predicted molar refractivity (Wildman–Crippen MR) is 76.6 cm³/mol. The van der Waals surface area contributed by atoms with Crippen LogP contribution in [0.5, 0.6) is 5.75 Å². The van der Waals surface area contributed by atoms with Crippen molar-refractivity contribution in [1.82, 2.24) is 4.90 Å². The fourth-order valence-corrected chi connectivity index (χ4v) is 2.24. The third kappa shape index (κ3) is 3.50. The summed E-state index contributed by atoms with van der Waals surface area (Å²) in [6.07, 6.45) is 1.91. The minimum atomic E-state index is -0.590. The van der Waals surface area contributed by atoms with E-state index in [1.165, 1.54) is 0 Å². The highest BCUT2D eigenvalue weighted by Gasteiger charge is 2.25. The van der Waals surface area contributed by atoms with Crippen LogP contribution in [0.2, 0.25) is 0 Å². The van der Waals surface area contributed by atoms with Crippen molar-refractivity contribution in [2.75, 3.05) is 25.5 Å². The van der Waals surface area contributed by atoms with E-state index in [1.807, 2.05) is 0 Å². The Hall–Kier alpha value is -2.04. The van der Waals surface area contributed by atoms with Gasteiger partial charge in [-0.05, 0) is 30.9 Å². The van der Waals surface area contributed by atoms with E-state index in [2.05, 4.69) is 12.2 Å². The van der Waals surface area contributed by atoms with Gasteiger partial charge in [0.15, 0.2) is 0 Å². The molecular weight excluding hydrogens is 256 g/mol. The van der Waals surface area contributed by atoms with Crippen LogP contribution in [-0.2, 0) is 9.59 Å².